The summed E-state index contributed by atoms with van der Waals surface area (Å²) < 4.78 is 9.84. The van der Waals surface area contributed by atoms with Crippen molar-refractivity contribution in [1.29, 1.82) is 5.26 Å². The molecular formula is C11H10ClNO3. The molecule has 0 bridgehead atoms. The zero-order chi connectivity index (χ0) is 12.1. The number of hydrogen-bond donors (Lipinski definition) is 0. The van der Waals surface area contributed by atoms with Gasteiger partial charge in [0, 0.05) is 6.07 Å². The lowest BCUT2D eigenvalue weighted by Crippen LogP contribution is -2.07. The second-order valence-corrected chi connectivity index (χ2v) is 3.27. The van der Waals surface area contributed by atoms with Gasteiger partial charge < -0.3 is 9.47 Å². The first-order valence-corrected chi connectivity index (χ1v) is 4.96. The molecular weight excluding hydrogens is 230 g/mol. The Hall–Kier alpha value is -1.73. The first-order chi connectivity index (χ1) is 7.63. The molecule has 0 aliphatic carbocycles. The van der Waals surface area contributed by atoms with E-state index in [1.54, 1.807) is 6.92 Å². The molecule has 0 fully saturated rings. The van der Waals surface area contributed by atoms with E-state index in [9.17, 15) is 4.79 Å². The van der Waals surface area contributed by atoms with Gasteiger partial charge in [-0.05, 0) is 13.0 Å². The molecule has 5 heteroatoms. The van der Waals surface area contributed by atoms with Gasteiger partial charge in [0.25, 0.3) is 0 Å². The zero-order valence-corrected chi connectivity index (χ0v) is 9.67. The Morgan fingerprint density at radius 2 is 2.25 bits per heavy atom. The minimum Gasteiger partial charge on any atom is -0.496 e. The van der Waals surface area contributed by atoms with Crippen molar-refractivity contribution in [2.75, 3.05) is 13.7 Å². The lowest BCUT2D eigenvalue weighted by molar-refractivity contribution is 0.0522. The monoisotopic (exact) mass is 239 g/mol. The predicted octanol–water partition coefficient (Wildman–Crippen LogP) is 2.40. The van der Waals surface area contributed by atoms with E-state index in [1.807, 2.05) is 6.07 Å². The van der Waals surface area contributed by atoms with E-state index in [2.05, 4.69) is 0 Å². The Labute approximate surface area is 98.3 Å². The third-order valence-corrected chi connectivity index (χ3v) is 2.22. The van der Waals surface area contributed by atoms with Crippen LogP contribution in [0.5, 0.6) is 5.75 Å². The molecule has 0 saturated heterocycles. The van der Waals surface area contributed by atoms with Gasteiger partial charge in [0.2, 0.25) is 0 Å². The molecule has 0 aliphatic rings. The molecule has 1 rings (SSSR count). The van der Waals surface area contributed by atoms with Crippen LogP contribution in [0, 0.1) is 11.3 Å². The van der Waals surface area contributed by atoms with Crippen molar-refractivity contribution in [3.05, 3.63) is 28.3 Å². The molecule has 1 aromatic carbocycles. The first kappa shape index (κ1) is 12.3. The molecule has 0 radical (unpaired) electrons. The van der Waals surface area contributed by atoms with E-state index in [0.717, 1.165) is 0 Å². The van der Waals surface area contributed by atoms with Crippen molar-refractivity contribution in [2.24, 2.45) is 0 Å². The number of nitriles is 1. The molecule has 16 heavy (non-hydrogen) atoms. The number of nitrogens with zero attached hydrogens (tertiary/aromatic N) is 1. The van der Waals surface area contributed by atoms with Gasteiger partial charge in [0.05, 0.1) is 24.3 Å². The van der Waals surface area contributed by atoms with Gasteiger partial charge in [0.15, 0.2) is 0 Å². The Bertz CT molecular complexity index is 451. The molecule has 0 saturated carbocycles. The minimum atomic E-state index is -0.522. The fourth-order valence-electron chi connectivity index (χ4n) is 1.18. The lowest BCUT2D eigenvalue weighted by Gasteiger charge is -2.08. The standard InChI is InChI=1S/C11H10ClNO3/c1-3-16-11(14)8-5-9(12)7(6-13)4-10(8)15-2/h4-5H,3H2,1-2H3. The maximum Gasteiger partial charge on any atom is 0.341 e. The summed E-state index contributed by atoms with van der Waals surface area (Å²) in [6, 6.07) is 4.69. The molecule has 0 aliphatic heterocycles. The Morgan fingerprint density at radius 3 is 2.75 bits per heavy atom. The Balaban J connectivity index is 3.24. The SMILES string of the molecule is CCOC(=O)c1cc(Cl)c(C#N)cc1OC. The van der Waals surface area contributed by atoms with Gasteiger partial charge in [-0.2, -0.15) is 5.26 Å². The lowest BCUT2D eigenvalue weighted by atomic mass is 10.1. The number of benzene rings is 1. The second kappa shape index (κ2) is 5.38. The molecule has 0 unspecified atom stereocenters. The van der Waals surface area contributed by atoms with E-state index in [4.69, 9.17) is 26.3 Å². The van der Waals surface area contributed by atoms with E-state index >= 15 is 0 Å². The van der Waals surface area contributed by atoms with Crippen LogP contribution in [-0.2, 0) is 4.74 Å². The van der Waals surface area contributed by atoms with Crippen LogP contribution in [0.1, 0.15) is 22.8 Å². The van der Waals surface area contributed by atoms with Crippen LogP contribution in [-0.4, -0.2) is 19.7 Å². The molecule has 0 atom stereocenters. The third-order valence-electron chi connectivity index (χ3n) is 1.90. The zero-order valence-electron chi connectivity index (χ0n) is 8.91. The molecule has 0 aromatic heterocycles. The summed E-state index contributed by atoms with van der Waals surface area (Å²) in [6.45, 7) is 1.97. The minimum absolute atomic E-state index is 0.200. The average molecular weight is 240 g/mol. The van der Waals surface area contributed by atoms with Crippen molar-refractivity contribution in [3.8, 4) is 11.8 Å². The summed E-state index contributed by atoms with van der Waals surface area (Å²) >= 11 is 5.82. The number of esters is 1. The molecule has 4 nitrogen and oxygen atoms in total. The first-order valence-electron chi connectivity index (χ1n) is 4.58. The van der Waals surface area contributed by atoms with E-state index in [1.165, 1.54) is 19.2 Å². The molecule has 0 N–H and O–H groups in total. The molecule has 84 valence electrons. The maximum absolute atomic E-state index is 11.5. The second-order valence-electron chi connectivity index (χ2n) is 2.86. The van der Waals surface area contributed by atoms with E-state index in [-0.39, 0.29) is 28.5 Å². The van der Waals surface area contributed by atoms with Crippen LogP contribution >= 0.6 is 11.6 Å². The fourth-order valence-corrected chi connectivity index (χ4v) is 1.38. The number of hydrogen-bond acceptors (Lipinski definition) is 4. The molecule has 0 spiro atoms. The van der Waals surface area contributed by atoms with Crippen molar-refractivity contribution < 1.29 is 14.3 Å². The van der Waals surface area contributed by atoms with E-state index < -0.39 is 5.97 Å². The van der Waals surface area contributed by atoms with Crippen LogP contribution in [0.2, 0.25) is 5.02 Å². The third kappa shape index (κ3) is 2.44. The molecule has 0 heterocycles. The summed E-state index contributed by atoms with van der Waals surface area (Å²) in [5.41, 5.74) is 0.472. The quantitative estimate of drug-likeness (QED) is 0.760. The number of carbonyl (C=O) groups is 1. The van der Waals surface area contributed by atoms with Crippen molar-refractivity contribution in [2.45, 2.75) is 6.92 Å². The Kier molecular flexibility index (Phi) is 4.15. The van der Waals surface area contributed by atoms with Crippen LogP contribution in [0.25, 0.3) is 0 Å². The maximum atomic E-state index is 11.5. The van der Waals surface area contributed by atoms with Gasteiger partial charge in [-0.3, -0.25) is 0 Å². The smallest absolute Gasteiger partial charge is 0.341 e. The van der Waals surface area contributed by atoms with Gasteiger partial charge in [0.1, 0.15) is 17.4 Å². The van der Waals surface area contributed by atoms with Crippen molar-refractivity contribution in [3.63, 3.8) is 0 Å². The fraction of sp³-hybridized carbons (Fsp3) is 0.273. The number of rotatable bonds is 3. The number of halogens is 1. The number of ether oxygens (including phenoxy) is 2. The number of carbonyl (C=O) groups excluding carboxylic acids is 1. The predicted molar refractivity (Wildman–Crippen MR) is 58.7 cm³/mol. The highest BCUT2D eigenvalue weighted by molar-refractivity contribution is 6.32. The van der Waals surface area contributed by atoms with Crippen molar-refractivity contribution in [1.82, 2.24) is 0 Å². The highest BCUT2D eigenvalue weighted by atomic mass is 35.5. The van der Waals surface area contributed by atoms with Crippen LogP contribution in [0.4, 0.5) is 0 Å². The highest BCUT2D eigenvalue weighted by Crippen LogP contribution is 2.27. The van der Waals surface area contributed by atoms with Crippen LogP contribution < -0.4 is 4.74 Å². The summed E-state index contributed by atoms with van der Waals surface area (Å²) in [7, 11) is 1.41. The molecule has 0 amide bonds. The summed E-state index contributed by atoms with van der Waals surface area (Å²) in [5.74, 6) is -0.245. The van der Waals surface area contributed by atoms with Gasteiger partial charge in [-0.15, -0.1) is 0 Å². The topological polar surface area (TPSA) is 59.3 Å². The van der Waals surface area contributed by atoms with Gasteiger partial charge >= 0.3 is 5.97 Å². The van der Waals surface area contributed by atoms with Crippen molar-refractivity contribution >= 4 is 17.6 Å². The summed E-state index contributed by atoms with van der Waals surface area (Å²) in [4.78, 5) is 11.5. The van der Waals surface area contributed by atoms with E-state index in [0.29, 0.717) is 0 Å². The van der Waals surface area contributed by atoms with Crippen LogP contribution in [0.15, 0.2) is 12.1 Å². The largest absolute Gasteiger partial charge is 0.496 e. The van der Waals surface area contributed by atoms with Gasteiger partial charge in [-0.1, -0.05) is 11.6 Å². The van der Waals surface area contributed by atoms with Crippen LogP contribution in [0.3, 0.4) is 0 Å². The summed E-state index contributed by atoms with van der Waals surface area (Å²) in [5, 5.41) is 8.97. The Morgan fingerprint density at radius 1 is 1.56 bits per heavy atom. The molecule has 1 aromatic rings. The van der Waals surface area contributed by atoms with Gasteiger partial charge in [-0.25, -0.2) is 4.79 Å². The highest BCUT2D eigenvalue weighted by Gasteiger charge is 2.16. The number of methoxy groups -OCH3 is 1. The normalized spacial score (nSPS) is 9.38. The summed E-state index contributed by atoms with van der Waals surface area (Å²) in [6.07, 6.45) is 0. The average Bonchev–Trinajstić information content (AvgIpc) is 2.29.